The van der Waals surface area contributed by atoms with Gasteiger partial charge in [-0.1, -0.05) is 26.3 Å². The molecule has 0 saturated carbocycles. The van der Waals surface area contributed by atoms with E-state index >= 15 is 0 Å². The van der Waals surface area contributed by atoms with Crippen LogP contribution in [0, 0.1) is 12.8 Å². The molecule has 1 aromatic carbocycles. The van der Waals surface area contributed by atoms with Gasteiger partial charge < -0.3 is 15.2 Å². The van der Waals surface area contributed by atoms with Gasteiger partial charge in [0.15, 0.2) is 0 Å². The van der Waals surface area contributed by atoms with E-state index in [4.69, 9.17) is 4.74 Å². The zero-order valence-electron chi connectivity index (χ0n) is 13.5. The molecular weight excluding hydrogens is 330 g/mol. The molecular formula is C17H28BrNO2. The maximum Gasteiger partial charge on any atom is 0.133 e. The van der Waals surface area contributed by atoms with Crippen molar-refractivity contribution in [1.82, 2.24) is 5.32 Å². The van der Waals surface area contributed by atoms with Crippen molar-refractivity contribution in [3.63, 3.8) is 0 Å². The summed E-state index contributed by atoms with van der Waals surface area (Å²) >= 11 is 3.47. The van der Waals surface area contributed by atoms with Gasteiger partial charge in [0.25, 0.3) is 0 Å². The van der Waals surface area contributed by atoms with E-state index in [9.17, 15) is 5.11 Å². The van der Waals surface area contributed by atoms with Gasteiger partial charge in [-0.15, -0.1) is 0 Å². The predicted molar refractivity (Wildman–Crippen MR) is 91.9 cm³/mol. The Labute approximate surface area is 137 Å². The summed E-state index contributed by atoms with van der Waals surface area (Å²) in [6.07, 6.45) is 1.82. The topological polar surface area (TPSA) is 41.5 Å². The number of aliphatic hydroxyl groups excluding tert-OH is 1. The molecule has 3 atom stereocenters. The highest BCUT2D eigenvalue weighted by atomic mass is 79.9. The lowest BCUT2D eigenvalue weighted by Gasteiger charge is -2.20. The van der Waals surface area contributed by atoms with Crippen LogP contribution in [0.5, 0.6) is 5.75 Å². The van der Waals surface area contributed by atoms with Gasteiger partial charge in [0.2, 0.25) is 0 Å². The molecule has 0 aromatic heterocycles. The van der Waals surface area contributed by atoms with E-state index in [2.05, 4.69) is 42.0 Å². The molecule has 0 fully saturated rings. The normalized spacial score (nSPS) is 15.5. The van der Waals surface area contributed by atoms with Gasteiger partial charge in [-0.3, -0.25) is 0 Å². The summed E-state index contributed by atoms with van der Waals surface area (Å²) in [6.45, 7) is 9.51. The monoisotopic (exact) mass is 357 g/mol. The Kier molecular flexibility index (Phi) is 8.30. The van der Waals surface area contributed by atoms with Crippen LogP contribution in [0.4, 0.5) is 0 Å². The highest BCUT2D eigenvalue weighted by Crippen LogP contribution is 2.25. The van der Waals surface area contributed by atoms with Gasteiger partial charge in [0, 0.05) is 12.6 Å². The van der Waals surface area contributed by atoms with Crippen molar-refractivity contribution >= 4 is 15.9 Å². The Morgan fingerprint density at radius 2 is 2.05 bits per heavy atom. The van der Waals surface area contributed by atoms with Crippen molar-refractivity contribution < 1.29 is 9.84 Å². The van der Waals surface area contributed by atoms with E-state index in [-0.39, 0.29) is 0 Å². The zero-order valence-corrected chi connectivity index (χ0v) is 15.1. The lowest BCUT2D eigenvalue weighted by atomic mass is 10.0. The summed E-state index contributed by atoms with van der Waals surface area (Å²) in [5, 5.41) is 13.4. The molecule has 1 aromatic rings. The first-order chi connectivity index (χ1) is 9.92. The summed E-state index contributed by atoms with van der Waals surface area (Å²) in [5.41, 5.74) is 1.18. The molecule has 1 rings (SSSR count). The minimum atomic E-state index is -0.502. The van der Waals surface area contributed by atoms with Crippen LogP contribution in [0.2, 0.25) is 0 Å². The third kappa shape index (κ3) is 7.30. The largest absolute Gasteiger partial charge is 0.490 e. The lowest BCUT2D eigenvalue weighted by Crippen LogP contribution is -2.37. The number of rotatable bonds is 9. The van der Waals surface area contributed by atoms with Crippen molar-refractivity contribution in [3.8, 4) is 5.75 Å². The van der Waals surface area contributed by atoms with E-state index in [1.165, 1.54) is 12.0 Å². The first-order valence-corrected chi connectivity index (χ1v) is 8.52. The van der Waals surface area contributed by atoms with Crippen LogP contribution in [-0.2, 0) is 0 Å². The van der Waals surface area contributed by atoms with Gasteiger partial charge in [0.05, 0.1) is 4.47 Å². The van der Waals surface area contributed by atoms with Crippen molar-refractivity contribution in [3.05, 3.63) is 28.2 Å². The van der Waals surface area contributed by atoms with Crippen LogP contribution in [0.25, 0.3) is 0 Å². The maximum absolute atomic E-state index is 9.99. The quantitative estimate of drug-likeness (QED) is 0.703. The molecule has 0 aliphatic heterocycles. The summed E-state index contributed by atoms with van der Waals surface area (Å²) in [4.78, 5) is 0. The molecule has 0 aliphatic rings. The molecule has 4 heteroatoms. The minimum absolute atomic E-state index is 0.296. The number of ether oxygens (including phenoxy) is 1. The second-order valence-electron chi connectivity index (χ2n) is 5.96. The Hall–Kier alpha value is -0.580. The molecule has 0 aliphatic carbocycles. The van der Waals surface area contributed by atoms with Crippen LogP contribution in [0.3, 0.4) is 0 Å². The number of hydrogen-bond donors (Lipinski definition) is 2. The lowest BCUT2D eigenvalue weighted by molar-refractivity contribution is 0.103. The fourth-order valence-corrected chi connectivity index (χ4v) is 2.77. The standard InChI is InChI=1S/C17H28BrNO2/c1-5-12(2)8-14(4)19-10-15(20)11-21-17-7-6-13(3)9-16(17)18/h6-7,9,12,14-15,19-20H,5,8,10-11H2,1-4H3. The van der Waals surface area contributed by atoms with Crippen molar-refractivity contribution in [2.24, 2.45) is 5.92 Å². The van der Waals surface area contributed by atoms with Crippen LogP contribution >= 0.6 is 15.9 Å². The Bertz CT molecular complexity index is 425. The second kappa shape index (κ2) is 9.44. The number of nitrogens with one attached hydrogen (secondary N) is 1. The first-order valence-electron chi connectivity index (χ1n) is 7.72. The second-order valence-corrected chi connectivity index (χ2v) is 6.81. The molecule has 2 N–H and O–H groups in total. The summed E-state index contributed by atoms with van der Waals surface area (Å²) < 4.78 is 6.58. The molecule has 0 spiro atoms. The fraction of sp³-hybridized carbons (Fsp3) is 0.647. The third-order valence-corrected chi connectivity index (χ3v) is 4.29. The van der Waals surface area contributed by atoms with Gasteiger partial charge >= 0.3 is 0 Å². The Balaban J connectivity index is 2.29. The minimum Gasteiger partial charge on any atom is -0.490 e. The van der Waals surface area contributed by atoms with Gasteiger partial charge in [0.1, 0.15) is 18.5 Å². The van der Waals surface area contributed by atoms with E-state index in [1.54, 1.807) is 0 Å². The van der Waals surface area contributed by atoms with E-state index in [0.717, 1.165) is 16.6 Å². The number of aryl methyl sites for hydroxylation is 1. The summed E-state index contributed by atoms with van der Waals surface area (Å²) in [5.74, 6) is 1.48. The smallest absolute Gasteiger partial charge is 0.133 e. The number of hydrogen-bond acceptors (Lipinski definition) is 3. The summed E-state index contributed by atoms with van der Waals surface area (Å²) in [7, 11) is 0. The number of halogens is 1. The van der Waals surface area contributed by atoms with Crippen LogP contribution in [0.15, 0.2) is 22.7 Å². The SMILES string of the molecule is CCC(C)CC(C)NCC(O)COc1ccc(C)cc1Br. The molecule has 3 nitrogen and oxygen atoms in total. The first kappa shape index (κ1) is 18.5. The van der Waals surface area contributed by atoms with Gasteiger partial charge in [-0.2, -0.15) is 0 Å². The van der Waals surface area contributed by atoms with Gasteiger partial charge in [-0.25, -0.2) is 0 Å². The van der Waals surface area contributed by atoms with Crippen molar-refractivity contribution in [2.75, 3.05) is 13.2 Å². The Morgan fingerprint density at radius 1 is 1.33 bits per heavy atom. The highest BCUT2D eigenvalue weighted by molar-refractivity contribution is 9.10. The predicted octanol–water partition coefficient (Wildman–Crippen LogP) is 3.91. The molecule has 3 unspecified atom stereocenters. The number of benzene rings is 1. The molecule has 0 heterocycles. The van der Waals surface area contributed by atoms with Gasteiger partial charge in [-0.05, 0) is 59.8 Å². The average Bonchev–Trinajstić information content (AvgIpc) is 2.44. The molecule has 0 bridgehead atoms. The molecule has 21 heavy (non-hydrogen) atoms. The number of aliphatic hydroxyl groups is 1. The summed E-state index contributed by atoms with van der Waals surface area (Å²) in [6, 6.07) is 6.35. The van der Waals surface area contributed by atoms with Crippen LogP contribution in [0.1, 0.15) is 39.2 Å². The third-order valence-electron chi connectivity index (χ3n) is 3.67. The van der Waals surface area contributed by atoms with E-state index in [1.807, 2.05) is 25.1 Å². The van der Waals surface area contributed by atoms with E-state index in [0.29, 0.717) is 25.1 Å². The zero-order chi connectivity index (χ0) is 15.8. The van der Waals surface area contributed by atoms with Crippen LogP contribution < -0.4 is 10.1 Å². The van der Waals surface area contributed by atoms with Crippen molar-refractivity contribution in [2.45, 2.75) is 52.7 Å². The Morgan fingerprint density at radius 3 is 2.67 bits per heavy atom. The molecule has 0 amide bonds. The van der Waals surface area contributed by atoms with Crippen LogP contribution in [-0.4, -0.2) is 30.4 Å². The van der Waals surface area contributed by atoms with Crippen molar-refractivity contribution in [1.29, 1.82) is 0 Å². The highest BCUT2D eigenvalue weighted by Gasteiger charge is 2.11. The fourth-order valence-electron chi connectivity index (χ4n) is 2.16. The molecule has 0 saturated heterocycles. The average molecular weight is 358 g/mol. The molecule has 120 valence electrons. The van der Waals surface area contributed by atoms with E-state index < -0.39 is 6.10 Å². The molecule has 0 radical (unpaired) electrons. The maximum atomic E-state index is 9.99.